The fourth-order valence-corrected chi connectivity index (χ4v) is 3.61. The Morgan fingerprint density at radius 1 is 1.06 bits per heavy atom. The number of unbranched alkanes of at least 4 members (excludes halogenated alkanes) is 7. The first-order valence-electron chi connectivity index (χ1n) is 12.1. The van der Waals surface area contributed by atoms with Crippen LogP contribution in [0.15, 0.2) is 12.2 Å². The van der Waals surface area contributed by atoms with Crippen LogP contribution in [-0.2, 0) is 18.4 Å². The highest BCUT2D eigenvalue weighted by Gasteiger charge is 2.23. The molecule has 0 fully saturated rings. The summed E-state index contributed by atoms with van der Waals surface area (Å²) in [7, 11) is 1.25. The molecule has 0 aliphatic heterocycles. The van der Waals surface area contributed by atoms with Crippen LogP contribution >= 0.6 is 7.82 Å². The average molecular weight is 479 g/mol. The number of aliphatic hydroxyl groups excluding tert-OH is 1. The molecule has 3 atom stereocenters. The summed E-state index contributed by atoms with van der Waals surface area (Å²) in [6.45, 7) is 4.28. The first-order chi connectivity index (χ1) is 15.0. The highest BCUT2D eigenvalue weighted by Crippen LogP contribution is 2.38. The van der Waals surface area contributed by atoms with Crippen LogP contribution in [-0.4, -0.2) is 68.5 Å². The van der Waals surface area contributed by atoms with Gasteiger partial charge >= 0.3 is 0 Å². The van der Waals surface area contributed by atoms with E-state index >= 15 is 0 Å². The summed E-state index contributed by atoms with van der Waals surface area (Å²) in [6, 6.07) is -0.871. The van der Waals surface area contributed by atoms with Gasteiger partial charge in [-0.05, 0) is 19.3 Å². The fraction of sp³-hybridized carbons (Fsp3) is 0.870. The Morgan fingerprint density at radius 2 is 1.69 bits per heavy atom. The molecular formula is C23H47N2O6P. The second kappa shape index (κ2) is 17.7. The second-order valence-corrected chi connectivity index (χ2v) is 10.8. The van der Waals surface area contributed by atoms with Gasteiger partial charge in [-0.15, -0.1) is 0 Å². The van der Waals surface area contributed by atoms with Crippen molar-refractivity contribution >= 4 is 13.7 Å². The molecule has 0 spiro atoms. The molecule has 0 saturated carbocycles. The van der Waals surface area contributed by atoms with Crippen LogP contribution in [0.4, 0.5) is 0 Å². The van der Waals surface area contributed by atoms with Crippen molar-refractivity contribution in [3.8, 4) is 0 Å². The molecule has 0 radical (unpaired) electrons. The quantitative estimate of drug-likeness (QED) is 0.120. The number of quaternary nitrogens is 1. The monoisotopic (exact) mass is 478 g/mol. The lowest BCUT2D eigenvalue weighted by molar-refractivity contribution is -0.870. The summed E-state index contributed by atoms with van der Waals surface area (Å²) in [6.07, 6.45) is 12.3. The number of nitrogens with zero attached hydrogens (tertiary/aromatic N) is 1. The van der Waals surface area contributed by atoms with Gasteiger partial charge in [-0.25, -0.2) is 0 Å². The van der Waals surface area contributed by atoms with Gasteiger partial charge in [-0.1, -0.05) is 64.5 Å². The Balaban J connectivity index is 4.69. The van der Waals surface area contributed by atoms with E-state index < -0.39 is 20.0 Å². The normalized spacial score (nSPS) is 16.1. The first-order valence-corrected chi connectivity index (χ1v) is 13.5. The molecule has 8 nitrogen and oxygen atoms in total. The number of allylic oxidation sites excluding steroid dienone is 1. The number of phosphoric ester groups is 1. The summed E-state index contributed by atoms with van der Waals surface area (Å²) in [5.41, 5.74) is 0. The Hall–Kier alpha value is -0.760. The molecule has 3 unspecified atom stereocenters. The third-order valence-electron chi connectivity index (χ3n) is 5.00. The van der Waals surface area contributed by atoms with E-state index in [2.05, 4.69) is 12.2 Å². The minimum Gasteiger partial charge on any atom is -0.756 e. The number of aliphatic hydroxyl groups is 1. The van der Waals surface area contributed by atoms with Gasteiger partial charge in [0.05, 0.1) is 39.9 Å². The molecule has 1 amide bonds. The fourth-order valence-electron chi connectivity index (χ4n) is 2.89. The standard InChI is InChI=1S/C23H47N2O6P/c1-6-8-10-11-12-13-14-15-16-22(26)21(24-23(27)17-9-7-2)20-31-32(28,29)30-19-18-25(3,4)5/h15-16,21-22,26H,6-14,17-20H2,1-5H3,(H-,24,27,28,29)/b16-15+. The van der Waals surface area contributed by atoms with E-state index in [0.717, 1.165) is 32.1 Å². The van der Waals surface area contributed by atoms with Crippen molar-refractivity contribution in [2.75, 3.05) is 40.9 Å². The van der Waals surface area contributed by atoms with Gasteiger partial charge in [0.15, 0.2) is 0 Å². The van der Waals surface area contributed by atoms with Crippen molar-refractivity contribution in [1.82, 2.24) is 5.32 Å². The summed E-state index contributed by atoms with van der Waals surface area (Å²) >= 11 is 0. The zero-order valence-corrected chi connectivity index (χ0v) is 21.8. The number of hydrogen-bond donors (Lipinski definition) is 2. The maximum absolute atomic E-state index is 12.1. The van der Waals surface area contributed by atoms with Crippen molar-refractivity contribution in [2.45, 2.75) is 90.2 Å². The highest BCUT2D eigenvalue weighted by atomic mass is 31.2. The molecule has 32 heavy (non-hydrogen) atoms. The van der Waals surface area contributed by atoms with Crippen LogP contribution < -0.4 is 10.2 Å². The molecule has 0 aromatic carbocycles. The van der Waals surface area contributed by atoms with Gasteiger partial charge in [0, 0.05) is 6.42 Å². The second-order valence-electron chi connectivity index (χ2n) is 9.34. The summed E-state index contributed by atoms with van der Waals surface area (Å²) in [4.78, 5) is 24.2. The van der Waals surface area contributed by atoms with Crippen molar-refractivity contribution in [2.24, 2.45) is 0 Å². The highest BCUT2D eigenvalue weighted by molar-refractivity contribution is 7.45. The van der Waals surface area contributed by atoms with E-state index in [1.807, 2.05) is 34.1 Å². The van der Waals surface area contributed by atoms with E-state index in [4.69, 9.17) is 9.05 Å². The van der Waals surface area contributed by atoms with Crippen molar-refractivity contribution < 1.29 is 32.9 Å². The number of phosphoric acid groups is 1. The van der Waals surface area contributed by atoms with E-state index in [1.54, 1.807) is 6.08 Å². The largest absolute Gasteiger partial charge is 0.756 e. The molecule has 0 aliphatic rings. The molecule has 0 aromatic rings. The van der Waals surface area contributed by atoms with E-state index in [-0.39, 0.29) is 19.1 Å². The predicted molar refractivity (Wildman–Crippen MR) is 127 cm³/mol. The molecule has 0 aromatic heterocycles. The van der Waals surface area contributed by atoms with E-state index in [1.165, 1.54) is 25.7 Å². The topological polar surface area (TPSA) is 108 Å². The van der Waals surface area contributed by atoms with Crippen molar-refractivity contribution in [3.05, 3.63) is 12.2 Å². The van der Waals surface area contributed by atoms with Crippen LogP contribution in [0.5, 0.6) is 0 Å². The summed E-state index contributed by atoms with van der Waals surface area (Å²) < 4.78 is 22.5. The molecule has 0 saturated heterocycles. The molecule has 0 rings (SSSR count). The number of nitrogens with one attached hydrogen (secondary N) is 1. The van der Waals surface area contributed by atoms with Gasteiger partial charge in [0.25, 0.3) is 7.82 Å². The number of carbonyl (C=O) groups is 1. The maximum Gasteiger partial charge on any atom is 0.268 e. The van der Waals surface area contributed by atoms with Gasteiger partial charge in [0.2, 0.25) is 5.91 Å². The lowest BCUT2D eigenvalue weighted by Gasteiger charge is -2.29. The van der Waals surface area contributed by atoms with Crippen LogP contribution in [0.1, 0.15) is 78.1 Å². The Labute approximate surface area is 195 Å². The Kier molecular flexibility index (Phi) is 17.3. The molecule has 9 heteroatoms. The van der Waals surface area contributed by atoms with E-state index in [9.17, 15) is 19.4 Å². The smallest absolute Gasteiger partial charge is 0.268 e. The Bertz CT molecular complexity index is 565. The van der Waals surface area contributed by atoms with Crippen LogP contribution in [0, 0.1) is 0 Å². The van der Waals surface area contributed by atoms with Crippen LogP contribution in [0.25, 0.3) is 0 Å². The minimum atomic E-state index is -4.53. The summed E-state index contributed by atoms with van der Waals surface area (Å²) in [5.74, 6) is -0.240. The number of rotatable bonds is 20. The number of hydrogen-bond acceptors (Lipinski definition) is 6. The van der Waals surface area contributed by atoms with E-state index in [0.29, 0.717) is 17.4 Å². The van der Waals surface area contributed by atoms with Crippen molar-refractivity contribution in [1.29, 1.82) is 0 Å². The molecule has 0 heterocycles. The zero-order chi connectivity index (χ0) is 24.5. The van der Waals surface area contributed by atoms with Gasteiger partial charge in [-0.2, -0.15) is 0 Å². The zero-order valence-electron chi connectivity index (χ0n) is 20.9. The summed E-state index contributed by atoms with van der Waals surface area (Å²) in [5, 5.41) is 13.2. The van der Waals surface area contributed by atoms with Gasteiger partial charge in [0.1, 0.15) is 13.2 Å². The average Bonchev–Trinajstić information content (AvgIpc) is 2.70. The molecule has 190 valence electrons. The van der Waals surface area contributed by atoms with Gasteiger partial charge < -0.3 is 28.8 Å². The lowest BCUT2D eigenvalue weighted by atomic mass is 10.1. The molecule has 0 bridgehead atoms. The third kappa shape index (κ3) is 18.8. The number of carbonyl (C=O) groups excluding carboxylic acids is 1. The molecule has 0 aliphatic carbocycles. The molecular weight excluding hydrogens is 431 g/mol. The number of likely N-dealkylation sites (N-methyl/N-ethyl adjacent to an activating group) is 1. The van der Waals surface area contributed by atoms with Gasteiger partial charge in [-0.3, -0.25) is 9.36 Å². The first kappa shape index (κ1) is 31.2. The number of amides is 1. The van der Waals surface area contributed by atoms with Crippen LogP contribution in [0.3, 0.4) is 0 Å². The molecule has 2 N–H and O–H groups in total. The SMILES string of the molecule is CCCCCCCC/C=C/C(O)C(COP(=O)([O-])OCC[N+](C)(C)C)NC(=O)CCCC. The Morgan fingerprint density at radius 3 is 2.31 bits per heavy atom. The lowest BCUT2D eigenvalue weighted by Crippen LogP contribution is -2.45. The minimum absolute atomic E-state index is 0.00147. The maximum atomic E-state index is 12.1. The predicted octanol–water partition coefficient (Wildman–Crippen LogP) is 3.54. The third-order valence-corrected chi connectivity index (χ3v) is 5.96. The van der Waals surface area contributed by atoms with Crippen molar-refractivity contribution in [3.63, 3.8) is 0 Å². The van der Waals surface area contributed by atoms with Crippen LogP contribution in [0.2, 0.25) is 0 Å².